The highest BCUT2D eigenvalue weighted by molar-refractivity contribution is 5.56. The van der Waals surface area contributed by atoms with Gasteiger partial charge in [0.25, 0.3) is 0 Å². The molecule has 2 atom stereocenters. The lowest BCUT2D eigenvalue weighted by atomic mass is 9.80. The zero-order chi connectivity index (χ0) is 14.3. The summed E-state index contributed by atoms with van der Waals surface area (Å²) in [5.74, 6) is 1.53. The molecule has 19 heavy (non-hydrogen) atoms. The van der Waals surface area contributed by atoms with Crippen molar-refractivity contribution in [2.45, 2.75) is 91.4 Å². The summed E-state index contributed by atoms with van der Waals surface area (Å²) >= 11 is 0. The number of oxime groups is 1. The molecule has 0 amide bonds. The van der Waals surface area contributed by atoms with E-state index in [1.807, 2.05) is 0 Å². The first-order chi connectivity index (χ1) is 9.29. The monoisotopic (exact) mass is 269 g/mol. The Hall–Kier alpha value is -0.530. The lowest BCUT2D eigenvalue weighted by Crippen LogP contribution is -2.15. The van der Waals surface area contributed by atoms with E-state index in [1.54, 1.807) is 6.21 Å². The highest BCUT2D eigenvalue weighted by Gasteiger charge is 2.18. The summed E-state index contributed by atoms with van der Waals surface area (Å²) in [5.41, 5.74) is 0. The molecule has 0 aromatic heterocycles. The second-order valence-electron chi connectivity index (χ2n) is 5.81. The molecule has 0 radical (unpaired) electrons. The molecule has 0 fully saturated rings. The van der Waals surface area contributed by atoms with Crippen molar-refractivity contribution in [3.8, 4) is 0 Å². The minimum absolute atomic E-state index is 0.702. The number of hydrogen-bond acceptors (Lipinski definition) is 2. The Bertz CT molecular complexity index is 203. The fourth-order valence-electron chi connectivity index (χ4n) is 2.97. The Morgan fingerprint density at radius 1 is 0.842 bits per heavy atom. The first kappa shape index (κ1) is 18.5. The summed E-state index contributed by atoms with van der Waals surface area (Å²) in [5, 5.41) is 11.8. The van der Waals surface area contributed by atoms with Crippen LogP contribution in [0.5, 0.6) is 0 Å². The van der Waals surface area contributed by atoms with Gasteiger partial charge in [-0.25, -0.2) is 0 Å². The average molecular weight is 269 g/mol. The van der Waals surface area contributed by atoms with Gasteiger partial charge in [0, 0.05) is 6.21 Å². The highest BCUT2D eigenvalue weighted by Crippen LogP contribution is 2.29. The second-order valence-corrected chi connectivity index (χ2v) is 5.81. The molecule has 2 unspecified atom stereocenters. The molecular weight excluding hydrogens is 234 g/mol. The van der Waals surface area contributed by atoms with E-state index < -0.39 is 0 Å². The molecule has 114 valence electrons. The van der Waals surface area contributed by atoms with Gasteiger partial charge in [0.05, 0.1) is 0 Å². The smallest absolute Gasteiger partial charge is 0.0438 e. The summed E-state index contributed by atoms with van der Waals surface area (Å²) in [6, 6.07) is 0. The predicted octanol–water partition coefficient (Wildman–Crippen LogP) is 6.03. The molecule has 0 aliphatic rings. The van der Waals surface area contributed by atoms with Gasteiger partial charge in [0.1, 0.15) is 0 Å². The fraction of sp³-hybridized carbons (Fsp3) is 0.941. The van der Waals surface area contributed by atoms with Crippen molar-refractivity contribution in [1.82, 2.24) is 0 Å². The summed E-state index contributed by atoms with van der Waals surface area (Å²) < 4.78 is 0. The van der Waals surface area contributed by atoms with Gasteiger partial charge in [-0.05, 0) is 18.3 Å². The maximum Gasteiger partial charge on any atom is 0.0438 e. The Kier molecular flexibility index (Phi) is 13.5. The number of nitrogens with zero attached hydrogens (tertiary/aromatic N) is 1. The maximum atomic E-state index is 8.61. The van der Waals surface area contributed by atoms with Crippen molar-refractivity contribution in [2.75, 3.05) is 0 Å². The Balaban J connectivity index is 4.09. The van der Waals surface area contributed by atoms with Gasteiger partial charge in [-0.2, -0.15) is 0 Å². The second kappa shape index (κ2) is 13.9. The maximum absolute atomic E-state index is 8.61. The van der Waals surface area contributed by atoms with Crippen molar-refractivity contribution < 1.29 is 5.21 Å². The van der Waals surface area contributed by atoms with Gasteiger partial charge < -0.3 is 5.21 Å². The lowest BCUT2D eigenvalue weighted by Gasteiger charge is -2.25. The number of hydrogen-bond donors (Lipinski definition) is 1. The molecule has 0 aromatic rings. The largest absolute Gasteiger partial charge is 0.411 e. The van der Waals surface area contributed by atoms with Crippen molar-refractivity contribution in [3.63, 3.8) is 0 Å². The van der Waals surface area contributed by atoms with Gasteiger partial charge in [-0.3, -0.25) is 0 Å². The molecule has 0 saturated carbocycles. The van der Waals surface area contributed by atoms with Gasteiger partial charge in [-0.1, -0.05) is 85.0 Å². The zero-order valence-corrected chi connectivity index (χ0v) is 13.4. The molecule has 0 aliphatic carbocycles. The van der Waals surface area contributed by atoms with Crippen LogP contribution in [0.15, 0.2) is 5.16 Å². The standard InChI is InChI=1S/C17H35NO/c1-4-7-9-10-11-13-17(12-8-5-2)16(6-3)14-15-18-19/h15-17,19H,4-14H2,1-3H3/b18-15+. The van der Waals surface area contributed by atoms with Gasteiger partial charge in [0.15, 0.2) is 0 Å². The average Bonchev–Trinajstić information content (AvgIpc) is 2.44. The minimum atomic E-state index is 0.702. The summed E-state index contributed by atoms with van der Waals surface area (Å²) in [6.07, 6.45) is 16.0. The van der Waals surface area contributed by atoms with E-state index in [0.29, 0.717) is 5.92 Å². The van der Waals surface area contributed by atoms with Crippen LogP contribution < -0.4 is 0 Å². The van der Waals surface area contributed by atoms with Crippen molar-refractivity contribution in [2.24, 2.45) is 17.0 Å². The van der Waals surface area contributed by atoms with E-state index in [1.165, 1.54) is 64.2 Å². The molecule has 2 nitrogen and oxygen atoms in total. The third-order valence-corrected chi connectivity index (χ3v) is 4.29. The van der Waals surface area contributed by atoms with Crippen LogP contribution in [0.2, 0.25) is 0 Å². The molecule has 0 spiro atoms. The van der Waals surface area contributed by atoms with E-state index >= 15 is 0 Å². The Morgan fingerprint density at radius 3 is 2.05 bits per heavy atom. The van der Waals surface area contributed by atoms with E-state index in [4.69, 9.17) is 5.21 Å². The molecule has 0 aliphatic heterocycles. The van der Waals surface area contributed by atoms with E-state index in [0.717, 1.165) is 12.3 Å². The van der Waals surface area contributed by atoms with Crippen LogP contribution in [0.3, 0.4) is 0 Å². The van der Waals surface area contributed by atoms with Crippen LogP contribution in [-0.4, -0.2) is 11.4 Å². The van der Waals surface area contributed by atoms with E-state index in [2.05, 4.69) is 25.9 Å². The Labute approximate surface area is 120 Å². The van der Waals surface area contributed by atoms with Crippen molar-refractivity contribution >= 4 is 6.21 Å². The molecule has 0 heterocycles. The molecular formula is C17H35NO. The van der Waals surface area contributed by atoms with Crippen molar-refractivity contribution in [1.29, 1.82) is 0 Å². The molecule has 0 saturated heterocycles. The number of rotatable bonds is 13. The molecule has 0 aromatic carbocycles. The predicted molar refractivity (Wildman–Crippen MR) is 85.1 cm³/mol. The van der Waals surface area contributed by atoms with Gasteiger partial charge >= 0.3 is 0 Å². The SMILES string of the molecule is CCCCCCCC(CCCC)C(CC)C/C=N/O. The third-order valence-electron chi connectivity index (χ3n) is 4.29. The molecule has 0 bridgehead atoms. The van der Waals surface area contributed by atoms with Crippen molar-refractivity contribution in [3.05, 3.63) is 0 Å². The van der Waals surface area contributed by atoms with Crippen LogP contribution in [0.25, 0.3) is 0 Å². The van der Waals surface area contributed by atoms with Gasteiger partial charge in [0.2, 0.25) is 0 Å². The quantitative estimate of drug-likeness (QED) is 0.188. The van der Waals surface area contributed by atoms with Crippen LogP contribution in [0, 0.1) is 11.8 Å². The van der Waals surface area contributed by atoms with Crippen LogP contribution in [0.4, 0.5) is 0 Å². The lowest BCUT2D eigenvalue weighted by molar-refractivity contribution is 0.274. The molecule has 0 rings (SSSR count). The highest BCUT2D eigenvalue weighted by atomic mass is 16.4. The summed E-state index contributed by atoms with van der Waals surface area (Å²) in [7, 11) is 0. The molecule has 2 heteroatoms. The third kappa shape index (κ3) is 9.98. The van der Waals surface area contributed by atoms with Crippen LogP contribution in [-0.2, 0) is 0 Å². The minimum Gasteiger partial charge on any atom is -0.411 e. The Morgan fingerprint density at radius 2 is 1.47 bits per heavy atom. The normalized spacial score (nSPS) is 14.9. The first-order valence-electron chi connectivity index (χ1n) is 8.45. The van der Waals surface area contributed by atoms with Crippen LogP contribution >= 0.6 is 0 Å². The van der Waals surface area contributed by atoms with Gasteiger partial charge in [-0.15, -0.1) is 5.16 Å². The topological polar surface area (TPSA) is 32.6 Å². The first-order valence-corrected chi connectivity index (χ1v) is 8.45. The zero-order valence-electron chi connectivity index (χ0n) is 13.4. The molecule has 1 N–H and O–H groups in total. The summed E-state index contributed by atoms with van der Waals surface area (Å²) in [4.78, 5) is 0. The number of unbranched alkanes of at least 4 members (excludes halogenated alkanes) is 5. The van der Waals surface area contributed by atoms with Crippen LogP contribution in [0.1, 0.15) is 91.4 Å². The summed E-state index contributed by atoms with van der Waals surface area (Å²) in [6.45, 7) is 6.81. The van der Waals surface area contributed by atoms with E-state index in [-0.39, 0.29) is 0 Å². The van der Waals surface area contributed by atoms with E-state index in [9.17, 15) is 0 Å². The fourth-order valence-corrected chi connectivity index (χ4v) is 2.97.